The highest BCUT2D eigenvalue weighted by molar-refractivity contribution is 5.37. The molecule has 19 heavy (non-hydrogen) atoms. The van der Waals surface area contributed by atoms with Crippen molar-refractivity contribution in [2.75, 3.05) is 24.7 Å². The molecule has 0 amide bonds. The summed E-state index contributed by atoms with van der Waals surface area (Å²) >= 11 is 0. The van der Waals surface area contributed by atoms with Crippen LogP contribution in [0, 0.1) is 13.8 Å². The molecule has 0 radical (unpaired) electrons. The molecular formula is C13H17N5O. The molecular weight excluding hydrogens is 242 g/mol. The molecule has 0 aliphatic heterocycles. The van der Waals surface area contributed by atoms with E-state index >= 15 is 0 Å². The molecule has 0 unspecified atom stereocenters. The predicted octanol–water partition coefficient (Wildman–Crippen LogP) is 1.93. The number of hydrogen-bond acceptors (Lipinski definition) is 6. The van der Waals surface area contributed by atoms with E-state index in [4.69, 9.17) is 10.5 Å². The van der Waals surface area contributed by atoms with Gasteiger partial charge in [-0.05, 0) is 37.1 Å². The van der Waals surface area contributed by atoms with Crippen molar-refractivity contribution in [3.05, 3.63) is 29.3 Å². The average Bonchev–Trinajstić information content (AvgIpc) is 2.26. The van der Waals surface area contributed by atoms with Crippen molar-refractivity contribution in [3.63, 3.8) is 0 Å². The standard InChI is InChI=1S/C13H17N5O/c1-8-5-9(2)7-10(6-8)19-13-16-11(14)15-12(17-13)18(3)4/h5-7H,1-4H3,(H2,14,15,16,17). The lowest BCUT2D eigenvalue weighted by molar-refractivity contribution is 0.440. The molecule has 100 valence electrons. The average molecular weight is 259 g/mol. The van der Waals surface area contributed by atoms with Crippen LogP contribution >= 0.6 is 0 Å². The summed E-state index contributed by atoms with van der Waals surface area (Å²) in [6.45, 7) is 4.01. The second-order valence-corrected chi connectivity index (χ2v) is 4.60. The third-order valence-corrected chi connectivity index (χ3v) is 2.42. The number of hydrogen-bond donors (Lipinski definition) is 1. The molecule has 1 heterocycles. The Labute approximate surface area is 112 Å². The molecule has 2 N–H and O–H groups in total. The van der Waals surface area contributed by atoms with Gasteiger partial charge in [-0.3, -0.25) is 0 Å². The van der Waals surface area contributed by atoms with E-state index < -0.39 is 0 Å². The minimum absolute atomic E-state index is 0.137. The van der Waals surface area contributed by atoms with E-state index in [1.807, 2.05) is 40.1 Å². The van der Waals surface area contributed by atoms with Gasteiger partial charge in [-0.2, -0.15) is 15.0 Å². The Morgan fingerprint density at radius 1 is 1.00 bits per heavy atom. The van der Waals surface area contributed by atoms with Crippen LogP contribution in [-0.2, 0) is 0 Å². The Balaban J connectivity index is 2.32. The summed E-state index contributed by atoms with van der Waals surface area (Å²) in [6, 6.07) is 6.10. The summed E-state index contributed by atoms with van der Waals surface area (Å²) in [5.74, 6) is 1.29. The van der Waals surface area contributed by atoms with Crippen molar-refractivity contribution in [2.45, 2.75) is 13.8 Å². The molecule has 0 spiro atoms. The van der Waals surface area contributed by atoms with Crippen LogP contribution in [-0.4, -0.2) is 29.0 Å². The number of aromatic nitrogens is 3. The Hall–Kier alpha value is -2.37. The minimum atomic E-state index is 0.137. The lowest BCUT2D eigenvalue weighted by atomic mass is 10.1. The first-order valence-electron chi connectivity index (χ1n) is 5.89. The molecule has 1 aromatic carbocycles. The normalized spacial score (nSPS) is 10.3. The summed E-state index contributed by atoms with van der Waals surface area (Å²) < 4.78 is 5.64. The van der Waals surface area contributed by atoms with Gasteiger partial charge in [0.2, 0.25) is 11.9 Å². The monoisotopic (exact) mass is 259 g/mol. The van der Waals surface area contributed by atoms with Crippen molar-refractivity contribution < 1.29 is 4.74 Å². The quantitative estimate of drug-likeness (QED) is 0.907. The topological polar surface area (TPSA) is 77.2 Å². The minimum Gasteiger partial charge on any atom is -0.424 e. The van der Waals surface area contributed by atoms with Crippen LogP contribution in [0.1, 0.15) is 11.1 Å². The first-order chi connectivity index (χ1) is 8.94. The van der Waals surface area contributed by atoms with Gasteiger partial charge in [0.05, 0.1) is 0 Å². The van der Waals surface area contributed by atoms with Gasteiger partial charge in [0.1, 0.15) is 5.75 Å². The molecule has 2 rings (SSSR count). The van der Waals surface area contributed by atoms with Gasteiger partial charge < -0.3 is 15.4 Å². The zero-order chi connectivity index (χ0) is 14.0. The van der Waals surface area contributed by atoms with Crippen molar-refractivity contribution in [1.29, 1.82) is 0 Å². The molecule has 2 aromatic rings. The third kappa shape index (κ3) is 3.31. The van der Waals surface area contributed by atoms with E-state index in [9.17, 15) is 0 Å². The maximum atomic E-state index is 5.64. The predicted molar refractivity (Wildman–Crippen MR) is 74.6 cm³/mol. The Kier molecular flexibility index (Phi) is 3.50. The van der Waals surface area contributed by atoms with E-state index in [0.717, 1.165) is 11.1 Å². The maximum absolute atomic E-state index is 5.64. The van der Waals surface area contributed by atoms with Crippen molar-refractivity contribution in [1.82, 2.24) is 15.0 Å². The van der Waals surface area contributed by atoms with Gasteiger partial charge >= 0.3 is 6.01 Å². The van der Waals surface area contributed by atoms with Crippen LogP contribution in [0.5, 0.6) is 11.8 Å². The van der Waals surface area contributed by atoms with E-state index in [1.54, 1.807) is 4.90 Å². The number of nitrogen functional groups attached to an aromatic ring is 1. The first kappa shape index (κ1) is 13.1. The van der Waals surface area contributed by atoms with E-state index in [-0.39, 0.29) is 12.0 Å². The SMILES string of the molecule is Cc1cc(C)cc(Oc2nc(N)nc(N(C)C)n2)c1. The number of nitrogens with zero attached hydrogens (tertiary/aromatic N) is 4. The highest BCUT2D eigenvalue weighted by Gasteiger charge is 2.08. The number of rotatable bonds is 3. The summed E-state index contributed by atoms with van der Waals surface area (Å²) in [5.41, 5.74) is 7.87. The van der Waals surface area contributed by atoms with Crippen molar-refractivity contribution in [2.24, 2.45) is 0 Å². The Morgan fingerprint density at radius 3 is 2.21 bits per heavy atom. The summed E-state index contributed by atoms with van der Waals surface area (Å²) in [4.78, 5) is 13.9. The Bertz CT molecular complexity index is 577. The highest BCUT2D eigenvalue weighted by atomic mass is 16.5. The van der Waals surface area contributed by atoms with Crippen molar-refractivity contribution in [3.8, 4) is 11.8 Å². The molecule has 0 atom stereocenters. The van der Waals surface area contributed by atoms with E-state index in [0.29, 0.717) is 11.7 Å². The summed E-state index contributed by atoms with van der Waals surface area (Å²) in [5, 5.41) is 0. The molecule has 0 saturated carbocycles. The number of ether oxygens (including phenoxy) is 1. The second kappa shape index (κ2) is 5.09. The molecule has 1 aromatic heterocycles. The zero-order valence-corrected chi connectivity index (χ0v) is 11.5. The number of aryl methyl sites for hydroxylation is 2. The first-order valence-corrected chi connectivity index (χ1v) is 5.89. The zero-order valence-electron chi connectivity index (χ0n) is 11.5. The maximum Gasteiger partial charge on any atom is 0.328 e. The van der Waals surface area contributed by atoms with Crippen LogP contribution in [0.2, 0.25) is 0 Å². The largest absolute Gasteiger partial charge is 0.424 e. The lowest BCUT2D eigenvalue weighted by Gasteiger charge is -2.12. The lowest BCUT2D eigenvalue weighted by Crippen LogP contribution is -2.15. The van der Waals surface area contributed by atoms with Crippen LogP contribution in [0.3, 0.4) is 0 Å². The fraction of sp³-hybridized carbons (Fsp3) is 0.308. The fourth-order valence-corrected chi connectivity index (χ4v) is 1.70. The Morgan fingerprint density at radius 2 is 1.63 bits per heavy atom. The van der Waals surface area contributed by atoms with Gasteiger partial charge in [0.15, 0.2) is 0 Å². The molecule has 0 fully saturated rings. The van der Waals surface area contributed by atoms with E-state index in [2.05, 4.69) is 21.0 Å². The molecule has 6 heteroatoms. The summed E-state index contributed by atoms with van der Waals surface area (Å²) in [6.07, 6.45) is 0. The molecule has 0 bridgehead atoms. The number of benzene rings is 1. The molecule has 6 nitrogen and oxygen atoms in total. The molecule has 0 aliphatic rings. The van der Waals surface area contributed by atoms with Crippen LogP contribution in [0.25, 0.3) is 0 Å². The number of anilines is 2. The molecule has 0 aliphatic carbocycles. The fourth-order valence-electron chi connectivity index (χ4n) is 1.70. The van der Waals surface area contributed by atoms with Gasteiger partial charge in [-0.1, -0.05) is 6.07 Å². The third-order valence-electron chi connectivity index (χ3n) is 2.42. The smallest absolute Gasteiger partial charge is 0.328 e. The van der Waals surface area contributed by atoms with Gasteiger partial charge in [-0.15, -0.1) is 0 Å². The molecule has 0 saturated heterocycles. The van der Waals surface area contributed by atoms with Crippen LogP contribution < -0.4 is 15.4 Å². The summed E-state index contributed by atoms with van der Waals surface area (Å²) in [7, 11) is 3.66. The highest BCUT2D eigenvalue weighted by Crippen LogP contribution is 2.22. The van der Waals surface area contributed by atoms with E-state index in [1.165, 1.54) is 0 Å². The van der Waals surface area contributed by atoms with Crippen LogP contribution in [0.4, 0.5) is 11.9 Å². The van der Waals surface area contributed by atoms with Crippen molar-refractivity contribution >= 4 is 11.9 Å². The van der Waals surface area contributed by atoms with Gasteiger partial charge in [0.25, 0.3) is 0 Å². The van der Waals surface area contributed by atoms with Crippen LogP contribution in [0.15, 0.2) is 18.2 Å². The van der Waals surface area contributed by atoms with Gasteiger partial charge in [-0.25, -0.2) is 0 Å². The second-order valence-electron chi connectivity index (χ2n) is 4.60. The number of nitrogens with two attached hydrogens (primary N) is 1. The van der Waals surface area contributed by atoms with Gasteiger partial charge in [0, 0.05) is 14.1 Å².